The lowest BCUT2D eigenvalue weighted by Gasteiger charge is -2.38. The first-order valence-electron chi connectivity index (χ1n) is 6.73. The molecule has 0 aromatic heterocycles. The van der Waals surface area contributed by atoms with E-state index >= 15 is 0 Å². The van der Waals surface area contributed by atoms with Crippen LogP contribution < -0.4 is 5.73 Å². The topological polar surface area (TPSA) is 29.3 Å². The summed E-state index contributed by atoms with van der Waals surface area (Å²) in [6.45, 7) is 5.89. The van der Waals surface area contributed by atoms with Gasteiger partial charge in [-0.15, -0.1) is 0 Å². The number of likely N-dealkylation sites (N-methyl/N-ethyl adjacent to an activating group) is 1. The van der Waals surface area contributed by atoms with E-state index in [1.165, 1.54) is 58.0 Å². The van der Waals surface area contributed by atoms with Crippen molar-refractivity contribution >= 4 is 0 Å². The van der Waals surface area contributed by atoms with Crippen molar-refractivity contribution in [2.45, 2.75) is 57.4 Å². The van der Waals surface area contributed by atoms with Gasteiger partial charge in [-0.25, -0.2) is 0 Å². The quantitative estimate of drug-likeness (QED) is 0.755. The molecule has 2 fully saturated rings. The summed E-state index contributed by atoms with van der Waals surface area (Å²) in [6.07, 6.45) is 9.48. The molecule has 0 atom stereocenters. The lowest BCUT2D eigenvalue weighted by atomic mass is 9.82. The van der Waals surface area contributed by atoms with Crippen LogP contribution in [0.1, 0.15) is 51.9 Å². The average molecular weight is 210 g/mol. The summed E-state index contributed by atoms with van der Waals surface area (Å²) in [6, 6.07) is 0. The Morgan fingerprint density at radius 3 is 2.40 bits per heavy atom. The minimum absolute atomic E-state index is 0.142. The van der Waals surface area contributed by atoms with Gasteiger partial charge in [0.2, 0.25) is 0 Å². The normalized spacial score (nSPS) is 25.8. The van der Waals surface area contributed by atoms with Gasteiger partial charge in [-0.05, 0) is 38.1 Å². The Bertz CT molecular complexity index is 193. The van der Waals surface area contributed by atoms with Gasteiger partial charge in [0, 0.05) is 18.6 Å². The fourth-order valence-electron chi connectivity index (χ4n) is 2.83. The van der Waals surface area contributed by atoms with Crippen LogP contribution in [0, 0.1) is 5.92 Å². The van der Waals surface area contributed by atoms with E-state index in [9.17, 15) is 0 Å². The Labute approximate surface area is 94.2 Å². The van der Waals surface area contributed by atoms with Gasteiger partial charge < -0.3 is 10.6 Å². The highest BCUT2D eigenvalue weighted by molar-refractivity contribution is 4.91. The van der Waals surface area contributed by atoms with Gasteiger partial charge >= 0.3 is 0 Å². The van der Waals surface area contributed by atoms with Crippen molar-refractivity contribution < 1.29 is 0 Å². The van der Waals surface area contributed by atoms with Crippen LogP contribution in [0.2, 0.25) is 0 Å². The minimum Gasteiger partial charge on any atom is -0.324 e. The van der Waals surface area contributed by atoms with Crippen LogP contribution in [0.15, 0.2) is 0 Å². The van der Waals surface area contributed by atoms with Gasteiger partial charge in [-0.1, -0.05) is 26.2 Å². The van der Waals surface area contributed by atoms with E-state index < -0.39 is 0 Å². The van der Waals surface area contributed by atoms with Crippen LogP contribution in [-0.2, 0) is 0 Å². The highest BCUT2D eigenvalue weighted by Crippen LogP contribution is 2.31. The first-order chi connectivity index (χ1) is 7.22. The molecule has 2 heteroatoms. The molecule has 0 heterocycles. The molecule has 2 rings (SSSR count). The Morgan fingerprint density at radius 1 is 1.20 bits per heavy atom. The van der Waals surface area contributed by atoms with E-state index in [-0.39, 0.29) is 5.54 Å². The van der Waals surface area contributed by atoms with E-state index in [0.29, 0.717) is 0 Å². The molecule has 0 aliphatic heterocycles. The molecule has 2 nitrogen and oxygen atoms in total. The molecule has 0 saturated heterocycles. The largest absolute Gasteiger partial charge is 0.324 e. The third kappa shape index (κ3) is 3.46. The smallest absolute Gasteiger partial charge is 0.0283 e. The van der Waals surface area contributed by atoms with Crippen molar-refractivity contribution in [3.05, 3.63) is 0 Å². The highest BCUT2D eigenvalue weighted by atomic mass is 15.1. The van der Waals surface area contributed by atoms with Crippen molar-refractivity contribution in [3.8, 4) is 0 Å². The maximum absolute atomic E-state index is 6.49. The molecule has 0 bridgehead atoms. The molecule has 0 aromatic carbocycles. The predicted molar refractivity (Wildman–Crippen MR) is 64.8 cm³/mol. The molecule has 0 radical (unpaired) electrons. The fourth-order valence-corrected chi connectivity index (χ4v) is 2.83. The van der Waals surface area contributed by atoms with E-state index in [4.69, 9.17) is 5.73 Å². The Hall–Kier alpha value is -0.0800. The zero-order chi connectivity index (χ0) is 10.7. The maximum Gasteiger partial charge on any atom is 0.0283 e. The molecule has 0 aromatic rings. The van der Waals surface area contributed by atoms with Crippen LogP contribution in [0.4, 0.5) is 0 Å². The van der Waals surface area contributed by atoms with Gasteiger partial charge in [-0.2, -0.15) is 0 Å². The zero-order valence-corrected chi connectivity index (χ0v) is 10.2. The molecular weight excluding hydrogens is 184 g/mol. The summed E-state index contributed by atoms with van der Waals surface area (Å²) in [5, 5.41) is 0. The summed E-state index contributed by atoms with van der Waals surface area (Å²) in [5.74, 6) is 0.997. The van der Waals surface area contributed by atoms with Gasteiger partial charge in [0.25, 0.3) is 0 Å². The Balaban J connectivity index is 1.80. The molecular formula is C13H26N2. The van der Waals surface area contributed by atoms with E-state index in [1.54, 1.807) is 0 Å². The summed E-state index contributed by atoms with van der Waals surface area (Å²) >= 11 is 0. The molecule has 0 amide bonds. The molecule has 2 N–H and O–H groups in total. The summed E-state index contributed by atoms with van der Waals surface area (Å²) in [5.41, 5.74) is 6.63. The van der Waals surface area contributed by atoms with Crippen LogP contribution in [-0.4, -0.2) is 30.1 Å². The molecule has 2 aliphatic rings. The minimum atomic E-state index is 0.142. The van der Waals surface area contributed by atoms with Crippen molar-refractivity contribution in [1.29, 1.82) is 0 Å². The molecule has 0 spiro atoms. The van der Waals surface area contributed by atoms with Crippen LogP contribution in [0.3, 0.4) is 0 Å². The van der Waals surface area contributed by atoms with Gasteiger partial charge in [0.05, 0.1) is 0 Å². The third-order valence-corrected chi connectivity index (χ3v) is 4.05. The van der Waals surface area contributed by atoms with Crippen molar-refractivity contribution in [1.82, 2.24) is 4.90 Å². The zero-order valence-electron chi connectivity index (χ0n) is 10.2. The first kappa shape index (κ1) is 11.4. The van der Waals surface area contributed by atoms with E-state index in [2.05, 4.69) is 11.8 Å². The maximum atomic E-state index is 6.49. The van der Waals surface area contributed by atoms with Crippen LogP contribution >= 0.6 is 0 Å². The standard InChI is InChI=1S/C13H26N2/c1-2-15(10-12-6-7-12)11-13(14)8-4-3-5-9-13/h12H,2-11,14H2,1H3. The second kappa shape index (κ2) is 4.84. The molecule has 2 saturated carbocycles. The Kier molecular flexibility index (Phi) is 3.68. The lowest BCUT2D eigenvalue weighted by molar-refractivity contribution is 0.173. The average Bonchev–Trinajstić information content (AvgIpc) is 3.01. The monoisotopic (exact) mass is 210 g/mol. The number of rotatable bonds is 5. The van der Waals surface area contributed by atoms with Gasteiger partial charge in [-0.3, -0.25) is 0 Å². The number of nitrogens with two attached hydrogens (primary N) is 1. The van der Waals surface area contributed by atoms with E-state index in [1.807, 2.05) is 0 Å². The SMILES string of the molecule is CCN(CC1CC1)CC1(N)CCCCC1. The second-order valence-corrected chi connectivity index (χ2v) is 5.69. The van der Waals surface area contributed by atoms with Gasteiger partial charge in [0.1, 0.15) is 0 Å². The highest BCUT2D eigenvalue weighted by Gasteiger charge is 2.31. The van der Waals surface area contributed by atoms with E-state index in [0.717, 1.165) is 12.5 Å². The lowest BCUT2D eigenvalue weighted by Crippen LogP contribution is -2.51. The third-order valence-electron chi connectivity index (χ3n) is 4.05. The van der Waals surface area contributed by atoms with Crippen molar-refractivity contribution in [3.63, 3.8) is 0 Å². The van der Waals surface area contributed by atoms with Crippen molar-refractivity contribution in [2.24, 2.45) is 11.7 Å². The first-order valence-corrected chi connectivity index (χ1v) is 6.73. The van der Waals surface area contributed by atoms with Crippen LogP contribution in [0.5, 0.6) is 0 Å². The fraction of sp³-hybridized carbons (Fsp3) is 1.00. The second-order valence-electron chi connectivity index (χ2n) is 5.69. The Morgan fingerprint density at radius 2 is 1.87 bits per heavy atom. The van der Waals surface area contributed by atoms with Crippen LogP contribution in [0.25, 0.3) is 0 Å². The van der Waals surface area contributed by atoms with Crippen molar-refractivity contribution in [2.75, 3.05) is 19.6 Å². The molecule has 2 aliphatic carbocycles. The summed E-state index contributed by atoms with van der Waals surface area (Å²) < 4.78 is 0. The number of hydrogen-bond acceptors (Lipinski definition) is 2. The summed E-state index contributed by atoms with van der Waals surface area (Å²) in [4.78, 5) is 2.59. The predicted octanol–water partition coefficient (Wildman–Crippen LogP) is 2.38. The van der Waals surface area contributed by atoms with Gasteiger partial charge in [0.15, 0.2) is 0 Å². The molecule has 0 unspecified atom stereocenters. The number of hydrogen-bond donors (Lipinski definition) is 1. The molecule has 15 heavy (non-hydrogen) atoms. The number of nitrogens with zero attached hydrogens (tertiary/aromatic N) is 1. The molecule has 88 valence electrons. The summed E-state index contributed by atoms with van der Waals surface area (Å²) in [7, 11) is 0.